The predicted octanol–water partition coefficient (Wildman–Crippen LogP) is 1.52. The summed E-state index contributed by atoms with van der Waals surface area (Å²) < 4.78 is 0. The highest BCUT2D eigenvalue weighted by Gasteiger charge is 2.20. The zero-order chi connectivity index (χ0) is 12.5. The molecule has 0 spiro atoms. The van der Waals surface area contributed by atoms with Gasteiger partial charge in [0, 0.05) is 43.3 Å². The third kappa shape index (κ3) is 1.88. The van der Waals surface area contributed by atoms with Crippen molar-refractivity contribution in [2.24, 2.45) is 0 Å². The summed E-state index contributed by atoms with van der Waals surface area (Å²) in [6, 6.07) is 6.14. The normalized spacial score (nSPS) is 16.2. The van der Waals surface area contributed by atoms with Gasteiger partial charge in [0.2, 0.25) is 0 Å². The minimum Gasteiger partial charge on any atom is -0.360 e. The monoisotopic (exact) mass is 243 g/mol. The van der Waals surface area contributed by atoms with Crippen LogP contribution in [0.15, 0.2) is 24.4 Å². The van der Waals surface area contributed by atoms with E-state index in [1.54, 1.807) is 0 Å². The van der Waals surface area contributed by atoms with Crippen molar-refractivity contribution in [3.8, 4) is 0 Å². The molecule has 1 amide bonds. The van der Waals surface area contributed by atoms with Crippen molar-refractivity contribution in [1.82, 2.24) is 15.2 Å². The van der Waals surface area contributed by atoms with Crippen LogP contribution in [-0.2, 0) is 0 Å². The van der Waals surface area contributed by atoms with Crippen molar-refractivity contribution in [1.29, 1.82) is 0 Å². The van der Waals surface area contributed by atoms with Crippen LogP contribution in [0, 0.1) is 6.92 Å². The summed E-state index contributed by atoms with van der Waals surface area (Å²) in [4.78, 5) is 17.5. The molecule has 0 bridgehead atoms. The number of nitrogens with zero attached hydrogens (tertiary/aromatic N) is 1. The van der Waals surface area contributed by atoms with Crippen molar-refractivity contribution >= 4 is 16.8 Å². The summed E-state index contributed by atoms with van der Waals surface area (Å²) in [5, 5.41) is 4.28. The zero-order valence-electron chi connectivity index (χ0n) is 10.5. The Morgan fingerprint density at radius 2 is 2.06 bits per heavy atom. The number of rotatable bonds is 1. The van der Waals surface area contributed by atoms with E-state index in [2.05, 4.69) is 23.3 Å². The second-order valence-corrected chi connectivity index (χ2v) is 4.79. The number of aryl methyl sites for hydroxylation is 1. The number of fused-ring (bicyclic) bond motifs is 1. The molecule has 4 heteroatoms. The third-order valence-electron chi connectivity index (χ3n) is 3.47. The lowest BCUT2D eigenvalue weighted by molar-refractivity contribution is 0.0738. The highest BCUT2D eigenvalue weighted by molar-refractivity contribution is 6.06. The number of amides is 1. The molecular formula is C14H17N3O. The smallest absolute Gasteiger partial charge is 0.256 e. The van der Waals surface area contributed by atoms with E-state index in [0.717, 1.165) is 42.6 Å². The topological polar surface area (TPSA) is 48.1 Å². The van der Waals surface area contributed by atoms with Crippen LogP contribution in [0.4, 0.5) is 0 Å². The first kappa shape index (κ1) is 11.3. The molecule has 1 fully saturated rings. The molecule has 3 rings (SSSR count). The number of hydrogen-bond donors (Lipinski definition) is 2. The van der Waals surface area contributed by atoms with E-state index in [9.17, 15) is 4.79 Å². The molecule has 0 aliphatic carbocycles. The average Bonchev–Trinajstić information content (AvgIpc) is 2.81. The van der Waals surface area contributed by atoms with E-state index < -0.39 is 0 Å². The molecule has 94 valence electrons. The molecule has 2 heterocycles. The van der Waals surface area contributed by atoms with Crippen LogP contribution in [0.5, 0.6) is 0 Å². The van der Waals surface area contributed by atoms with E-state index >= 15 is 0 Å². The summed E-state index contributed by atoms with van der Waals surface area (Å²) >= 11 is 0. The summed E-state index contributed by atoms with van der Waals surface area (Å²) in [5.41, 5.74) is 3.02. The first-order valence-electron chi connectivity index (χ1n) is 6.33. The lowest BCUT2D eigenvalue weighted by Gasteiger charge is -2.27. The summed E-state index contributed by atoms with van der Waals surface area (Å²) in [7, 11) is 0. The van der Waals surface area contributed by atoms with Crippen molar-refractivity contribution in [3.05, 3.63) is 35.5 Å². The Kier molecular flexibility index (Phi) is 2.80. The number of aromatic nitrogens is 1. The van der Waals surface area contributed by atoms with Gasteiger partial charge in [-0.3, -0.25) is 4.79 Å². The van der Waals surface area contributed by atoms with Gasteiger partial charge in [-0.15, -0.1) is 0 Å². The van der Waals surface area contributed by atoms with Gasteiger partial charge in [-0.2, -0.15) is 0 Å². The van der Waals surface area contributed by atoms with Gasteiger partial charge in [-0.25, -0.2) is 0 Å². The summed E-state index contributed by atoms with van der Waals surface area (Å²) in [6.07, 6.45) is 1.83. The lowest BCUT2D eigenvalue weighted by Crippen LogP contribution is -2.46. The molecule has 0 radical (unpaired) electrons. The molecule has 1 aliphatic rings. The van der Waals surface area contributed by atoms with Gasteiger partial charge >= 0.3 is 0 Å². The zero-order valence-corrected chi connectivity index (χ0v) is 10.5. The molecule has 2 N–H and O–H groups in total. The molecule has 4 nitrogen and oxygen atoms in total. The largest absolute Gasteiger partial charge is 0.360 e. The van der Waals surface area contributed by atoms with E-state index in [1.807, 2.05) is 23.2 Å². The third-order valence-corrected chi connectivity index (χ3v) is 3.47. The molecule has 1 saturated heterocycles. The quantitative estimate of drug-likeness (QED) is 0.798. The number of benzene rings is 1. The Balaban J connectivity index is 1.96. The highest BCUT2D eigenvalue weighted by atomic mass is 16.2. The van der Waals surface area contributed by atoms with Gasteiger partial charge in [0.1, 0.15) is 0 Å². The number of piperazine rings is 1. The van der Waals surface area contributed by atoms with Gasteiger partial charge in [0.05, 0.1) is 5.56 Å². The Bertz CT molecular complexity index is 582. The number of nitrogens with one attached hydrogen (secondary N) is 2. The van der Waals surface area contributed by atoms with Crippen LogP contribution in [0.3, 0.4) is 0 Å². The first-order chi connectivity index (χ1) is 8.75. The molecule has 18 heavy (non-hydrogen) atoms. The molecule has 1 aromatic carbocycles. The van der Waals surface area contributed by atoms with Crippen LogP contribution >= 0.6 is 0 Å². The molecule has 0 atom stereocenters. The fourth-order valence-corrected chi connectivity index (χ4v) is 2.46. The fraction of sp³-hybridized carbons (Fsp3) is 0.357. The van der Waals surface area contributed by atoms with Gasteiger partial charge in [0.25, 0.3) is 5.91 Å². The van der Waals surface area contributed by atoms with Crippen molar-refractivity contribution in [2.75, 3.05) is 26.2 Å². The number of aromatic amines is 1. The SMILES string of the molecule is Cc1ccc2c(C(=O)N3CCNCC3)c[nH]c2c1. The Morgan fingerprint density at radius 1 is 1.28 bits per heavy atom. The number of carbonyl (C=O) groups is 1. The lowest BCUT2D eigenvalue weighted by atomic mass is 10.1. The molecule has 0 unspecified atom stereocenters. The maximum atomic E-state index is 12.4. The first-order valence-corrected chi connectivity index (χ1v) is 6.33. The maximum absolute atomic E-state index is 12.4. The highest BCUT2D eigenvalue weighted by Crippen LogP contribution is 2.21. The van der Waals surface area contributed by atoms with E-state index in [-0.39, 0.29) is 5.91 Å². The standard InChI is InChI=1S/C14H17N3O/c1-10-2-3-11-12(9-16-13(11)8-10)14(18)17-6-4-15-5-7-17/h2-3,8-9,15-16H,4-7H2,1H3. The Labute approximate surface area is 106 Å². The predicted molar refractivity (Wildman–Crippen MR) is 71.8 cm³/mol. The average molecular weight is 243 g/mol. The van der Waals surface area contributed by atoms with Crippen LogP contribution in [-0.4, -0.2) is 42.0 Å². The van der Waals surface area contributed by atoms with Crippen molar-refractivity contribution in [2.45, 2.75) is 6.92 Å². The van der Waals surface area contributed by atoms with Crippen LogP contribution in [0.2, 0.25) is 0 Å². The number of H-pyrrole nitrogens is 1. The molecule has 2 aromatic rings. The minimum atomic E-state index is 0.131. The molecule has 1 aromatic heterocycles. The Hall–Kier alpha value is -1.81. The second kappa shape index (κ2) is 4.46. The van der Waals surface area contributed by atoms with E-state index in [0.29, 0.717) is 0 Å². The number of carbonyl (C=O) groups excluding carboxylic acids is 1. The molecule has 1 aliphatic heterocycles. The molecular weight excluding hydrogens is 226 g/mol. The van der Waals surface area contributed by atoms with Gasteiger partial charge in [-0.1, -0.05) is 12.1 Å². The minimum absolute atomic E-state index is 0.131. The molecule has 0 saturated carbocycles. The summed E-state index contributed by atoms with van der Waals surface area (Å²) in [6.45, 7) is 5.40. The van der Waals surface area contributed by atoms with Gasteiger partial charge in [-0.05, 0) is 18.6 Å². The van der Waals surface area contributed by atoms with Crippen molar-refractivity contribution in [3.63, 3.8) is 0 Å². The van der Waals surface area contributed by atoms with E-state index in [1.165, 1.54) is 5.56 Å². The second-order valence-electron chi connectivity index (χ2n) is 4.79. The Morgan fingerprint density at radius 3 is 2.83 bits per heavy atom. The van der Waals surface area contributed by atoms with Crippen molar-refractivity contribution < 1.29 is 4.79 Å². The maximum Gasteiger partial charge on any atom is 0.256 e. The summed E-state index contributed by atoms with van der Waals surface area (Å²) in [5.74, 6) is 0.131. The van der Waals surface area contributed by atoms with Crippen LogP contribution in [0.1, 0.15) is 15.9 Å². The van der Waals surface area contributed by atoms with Gasteiger partial charge < -0.3 is 15.2 Å². The number of hydrogen-bond acceptors (Lipinski definition) is 2. The van der Waals surface area contributed by atoms with Gasteiger partial charge in [0.15, 0.2) is 0 Å². The van der Waals surface area contributed by atoms with E-state index in [4.69, 9.17) is 0 Å². The van der Waals surface area contributed by atoms with Crippen LogP contribution in [0.25, 0.3) is 10.9 Å². The van der Waals surface area contributed by atoms with Crippen LogP contribution < -0.4 is 5.32 Å². The fourth-order valence-electron chi connectivity index (χ4n) is 2.46.